The summed E-state index contributed by atoms with van der Waals surface area (Å²) in [6.07, 6.45) is 4.60. The molecule has 0 spiro atoms. The second-order valence-corrected chi connectivity index (χ2v) is 13.3. The Hall–Kier alpha value is -4.58. The minimum atomic E-state index is -0.580. The molecule has 6 aliphatic rings. The van der Waals surface area contributed by atoms with E-state index in [0.717, 1.165) is 39.0 Å². The van der Waals surface area contributed by atoms with E-state index < -0.39 is 23.7 Å². The summed E-state index contributed by atoms with van der Waals surface area (Å²) in [7, 11) is 0. The average Bonchev–Trinajstić information content (AvgIpc) is 3.45. The quantitative estimate of drug-likeness (QED) is 0.276. The molecule has 4 amide bonds. The Morgan fingerprint density at radius 1 is 0.568 bits per heavy atom. The lowest BCUT2D eigenvalue weighted by Gasteiger charge is -2.51. The fourth-order valence-corrected chi connectivity index (χ4v) is 8.75. The largest absolute Gasteiger partial charge is 0.274 e. The zero-order valence-corrected chi connectivity index (χ0v) is 25.3. The lowest BCUT2D eigenvalue weighted by molar-refractivity contribution is -0.129. The summed E-state index contributed by atoms with van der Waals surface area (Å²) < 4.78 is 0. The Balaban J connectivity index is 1.28. The lowest BCUT2D eigenvalue weighted by atomic mass is 9.49. The molecule has 2 saturated heterocycles. The monoisotopic (exact) mass is 582 g/mol. The van der Waals surface area contributed by atoms with Crippen LogP contribution >= 0.6 is 0 Å². The van der Waals surface area contributed by atoms with Crippen LogP contribution in [0.15, 0.2) is 84.5 Å². The number of amides is 4. The maximum atomic E-state index is 14.4. The van der Waals surface area contributed by atoms with E-state index in [-0.39, 0.29) is 41.4 Å². The summed E-state index contributed by atoms with van der Waals surface area (Å²) in [6, 6.07) is 21.5. The van der Waals surface area contributed by atoms with Crippen LogP contribution in [0.4, 0.5) is 11.4 Å². The van der Waals surface area contributed by atoms with Gasteiger partial charge in [0, 0.05) is 11.8 Å². The molecule has 2 aliphatic heterocycles. The normalized spacial score (nSPS) is 30.3. The molecule has 220 valence electrons. The van der Waals surface area contributed by atoms with E-state index >= 15 is 0 Å². The molecule has 4 aliphatic carbocycles. The molecule has 44 heavy (non-hydrogen) atoms. The predicted octanol–water partition coefficient (Wildman–Crippen LogP) is 6.12. The van der Waals surface area contributed by atoms with Gasteiger partial charge in [0.05, 0.1) is 35.0 Å². The molecule has 7 atom stereocenters. The first-order valence-corrected chi connectivity index (χ1v) is 15.5. The van der Waals surface area contributed by atoms with E-state index in [0.29, 0.717) is 17.8 Å². The number of aryl methyl sites for hydroxylation is 4. The number of imide groups is 2. The van der Waals surface area contributed by atoms with Crippen molar-refractivity contribution >= 4 is 40.6 Å². The molecule has 1 saturated carbocycles. The maximum Gasteiger partial charge on any atom is 0.238 e. The summed E-state index contributed by atoms with van der Waals surface area (Å²) in [5.41, 5.74) is 8.55. The first-order valence-electron chi connectivity index (χ1n) is 15.5. The van der Waals surface area contributed by atoms with Crippen molar-refractivity contribution in [2.24, 2.45) is 41.4 Å². The van der Waals surface area contributed by atoms with Crippen molar-refractivity contribution in [3.05, 3.63) is 112 Å². The van der Waals surface area contributed by atoms with Crippen molar-refractivity contribution in [1.29, 1.82) is 0 Å². The zero-order chi connectivity index (χ0) is 30.6. The Morgan fingerprint density at radius 2 is 1.14 bits per heavy atom. The van der Waals surface area contributed by atoms with Gasteiger partial charge in [-0.25, -0.2) is 4.90 Å². The molecule has 2 bridgehead atoms. The fourth-order valence-electron chi connectivity index (χ4n) is 8.75. The van der Waals surface area contributed by atoms with Gasteiger partial charge < -0.3 is 0 Å². The number of allylic oxidation sites excluding steroid dienone is 4. The first-order chi connectivity index (χ1) is 21.2. The molecule has 2 heterocycles. The van der Waals surface area contributed by atoms with Gasteiger partial charge in [0.25, 0.3) is 0 Å². The highest BCUT2D eigenvalue weighted by Gasteiger charge is 2.67. The first kappa shape index (κ1) is 27.0. The van der Waals surface area contributed by atoms with Gasteiger partial charge in [-0.3, -0.25) is 24.1 Å². The molecule has 3 fully saturated rings. The summed E-state index contributed by atoms with van der Waals surface area (Å²) in [6.45, 7) is 7.99. The van der Waals surface area contributed by atoms with Crippen molar-refractivity contribution in [1.82, 2.24) is 0 Å². The summed E-state index contributed by atoms with van der Waals surface area (Å²) in [5.74, 6) is -3.93. The lowest BCUT2D eigenvalue weighted by Crippen LogP contribution is -2.51. The smallest absolute Gasteiger partial charge is 0.238 e. The van der Waals surface area contributed by atoms with Crippen LogP contribution in [0.5, 0.6) is 0 Å². The van der Waals surface area contributed by atoms with Crippen LogP contribution < -0.4 is 9.80 Å². The Kier molecular flexibility index (Phi) is 5.80. The van der Waals surface area contributed by atoms with Crippen molar-refractivity contribution < 1.29 is 19.2 Å². The molecular formula is C38H34N2O4. The van der Waals surface area contributed by atoms with Crippen LogP contribution in [0, 0.1) is 69.1 Å². The highest BCUT2D eigenvalue weighted by molar-refractivity contribution is 6.24. The van der Waals surface area contributed by atoms with Crippen LogP contribution in [0.1, 0.15) is 34.2 Å². The van der Waals surface area contributed by atoms with Crippen LogP contribution in [0.25, 0.3) is 5.57 Å². The summed E-state index contributed by atoms with van der Waals surface area (Å²) in [4.78, 5) is 59.8. The number of carbonyl (C=O) groups excluding carboxylic acids is 4. The number of benzene rings is 3. The molecule has 0 radical (unpaired) electrons. The van der Waals surface area contributed by atoms with Crippen LogP contribution in [0.2, 0.25) is 0 Å². The van der Waals surface area contributed by atoms with E-state index in [9.17, 15) is 19.2 Å². The maximum absolute atomic E-state index is 14.4. The Bertz CT molecular complexity index is 1870. The number of hydrogen-bond acceptors (Lipinski definition) is 4. The van der Waals surface area contributed by atoms with Gasteiger partial charge in [0.15, 0.2) is 0 Å². The molecule has 9 rings (SSSR count). The summed E-state index contributed by atoms with van der Waals surface area (Å²) in [5, 5.41) is 0. The predicted molar refractivity (Wildman–Crippen MR) is 168 cm³/mol. The molecule has 0 N–H and O–H groups in total. The summed E-state index contributed by atoms with van der Waals surface area (Å²) >= 11 is 0. The highest BCUT2D eigenvalue weighted by Crippen LogP contribution is 2.63. The second-order valence-electron chi connectivity index (χ2n) is 13.3. The van der Waals surface area contributed by atoms with E-state index in [1.807, 2.05) is 82.3 Å². The zero-order valence-electron chi connectivity index (χ0n) is 25.3. The number of rotatable bonds is 3. The van der Waals surface area contributed by atoms with Gasteiger partial charge in [0.2, 0.25) is 23.6 Å². The van der Waals surface area contributed by atoms with Crippen molar-refractivity contribution in [2.45, 2.75) is 34.1 Å². The Morgan fingerprint density at radius 3 is 1.75 bits per heavy atom. The van der Waals surface area contributed by atoms with Gasteiger partial charge in [-0.15, -0.1) is 0 Å². The SMILES string of the molecule is Cc1ccc(N2C(=O)[C@@H]3[C@H]4C=C[C@@H](C5=C(c6ccccc6)C[C@@H]6C(=O)N(c7ccc(C)c(C)c7)C(=O)[C@H]6[C@H]54)[C@H]3C2=O)cc1C. The topological polar surface area (TPSA) is 74.8 Å². The minimum absolute atomic E-state index is 0.173. The van der Waals surface area contributed by atoms with Crippen molar-refractivity contribution in [3.8, 4) is 0 Å². The average molecular weight is 583 g/mol. The van der Waals surface area contributed by atoms with Gasteiger partial charge >= 0.3 is 0 Å². The number of anilines is 2. The van der Waals surface area contributed by atoms with Gasteiger partial charge in [-0.2, -0.15) is 0 Å². The Labute approximate surface area is 257 Å². The third-order valence-corrected chi connectivity index (χ3v) is 11.1. The van der Waals surface area contributed by atoms with Gasteiger partial charge in [-0.1, -0.05) is 60.2 Å². The van der Waals surface area contributed by atoms with Crippen LogP contribution in [-0.2, 0) is 19.2 Å². The minimum Gasteiger partial charge on any atom is -0.274 e. The number of hydrogen-bond donors (Lipinski definition) is 0. The molecule has 0 aromatic heterocycles. The van der Waals surface area contributed by atoms with E-state index in [4.69, 9.17) is 0 Å². The number of nitrogens with zero attached hydrogens (tertiary/aromatic N) is 2. The third-order valence-electron chi connectivity index (χ3n) is 11.1. The molecular weight excluding hydrogens is 548 g/mol. The molecule has 0 unspecified atom stereocenters. The molecule has 6 nitrogen and oxygen atoms in total. The molecule has 6 heteroatoms. The molecule has 3 aromatic rings. The standard InChI is InChI=1S/C38H34N2O4/c1-19-10-12-24(16-21(19)3)39-35(41)29-18-28(23-8-6-5-7-9-23)30-26-14-15-27(31(30)34(29)38(39)44)33-32(26)36(42)40(37(33)43)25-13-11-20(2)22(4)17-25/h5-17,26-27,29,31-34H,18H2,1-4H3/t26-,27-,29-,31-,32+,33+,34+/m0/s1. The fraction of sp³-hybridized carbons (Fsp3) is 0.316. The number of carbonyl (C=O) groups is 4. The highest BCUT2D eigenvalue weighted by atomic mass is 16.2. The van der Waals surface area contributed by atoms with Gasteiger partial charge in [-0.05, 0) is 97.7 Å². The van der Waals surface area contributed by atoms with Crippen LogP contribution in [0.3, 0.4) is 0 Å². The van der Waals surface area contributed by atoms with Gasteiger partial charge in [0.1, 0.15) is 0 Å². The molecule has 3 aromatic carbocycles. The number of fused-ring (bicyclic) bond motifs is 1. The van der Waals surface area contributed by atoms with Crippen LogP contribution in [-0.4, -0.2) is 23.6 Å². The van der Waals surface area contributed by atoms with E-state index in [2.05, 4.69) is 24.3 Å². The van der Waals surface area contributed by atoms with E-state index in [1.165, 1.54) is 9.80 Å². The van der Waals surface area contributed by atoms with Crippen molar-refractivity contribution in [2.75, 3.05) is 9.80 Å². The van der Waals surface area contributed by atoms with Crippen molar-refractivity contribution in [3.63, 3.8) is 0 Å². The third kappa shape index (κ3) is 3.54. The van der Waals surface area contributed by atoms with E-state index in [1.54, 1.807) is 0 Å². The second kappa shape index (κ2) is 9.46.